The number of likely N-dealkylation sites (N-methyl/N-ethyl adjacent to an activating group) is 1. The van der Waals surface area contributed by atoms with Gasteiger partial charge in [0.25, 0.3) is 11.7 Å². The summed E-state index contributed by atoms with van der Waals surface area (Å²) in [6.07, 6.45) is 0. The van der Waals surface area contributed by atoms with Gasteiger partial charge in [-0.05, 0) is 43.8 Å². The van der Waals surface area contributed by atoms with E-state index in [0.29, 0.717) is 30.2 Å². The number of likely N-dealkylation sites (tertiary alicyclic amines) is 1. The molecule has 7 nitrogen and oxygen atoms in total. The van der Waals surface area contributed by atoms with Gasteiger partial charge in [0.05, 0.1) is 31.4 Å². The number of methoxy groups -OCH3 is 2. The van der Waals surface area contributed by atoms with Gasteiger partial charge < -0.3 is 24.4 Å². The van der Waals surface area contributed by atoms with E-state index in [1.807, 2.05) is 31.2 Å². The lowest BCUT2D eigenvalue weighted by atomic mass is 9.94. The van der Waals surface area contributed by atoms with Crippen LogP contribution in [0.15, 0.2) is 48.0 Å². The molecule has 1 unspecified atom stereocenters. The Morgan fingerprint density at radius 1 is 1.06 bits per heavy atom. The lowest BCUT2D eigenvalue weighted by Crippen LogP contribution is -2.38. The summed E-state index contributed by atoms with van der Waals surface area (Å²) in [6, 6.07) is 11.9. The Labute approximate surface area is 195 Å². The summed E-state index contributed by atoms with van der Waals surface area (Å²) in [5.41, 5.74) is 2.13. The van der Waals surface area contributed by atoms with E-state index in [9.17, 15) is 14.7 Å². The van der Waals surface area contributed by atoms with Crippen molar-refractivity contribution in [2.45, 2.75) is 26.8 Å². The summed E-state index contributed by atoms with van der Waals surface area (Å²) in [6.45, 7) is 8.76. The topological polar surface area (TPSA) is 79.3 Å². The third kappa shape index (κ3) is 4.88. The molecule has 1 heterocycles. The lowest BCUT2D eigenvalue weighted by Gasteiger charge is -2.28. The number of aliphatic hydroxyl groups excluding tert-OH is 1. The van der Waals surface area contributed by atoms with Crippen LogP contribution >= 0.6 is 0 Å². The highest BCUT2D eigenvalue weighted by atomic mass is 16.5. The zero-order chi connectivity index (χ0) is 24.1. The predicted octanol–water partition coefficient (Wildman–Crippen LogP) is 3.78. The minimum absolute atomic E-state index is 0.0525. The first-order chi connectivity index (χ1) is 15.9. The molecule has 1 N–H and O–H groups in total. The van der Waals surface area contributed by atoms with Crippen molar-refractivity contribution in [3.05, 3.63) is 64.7 Å². The normalized spacial score (nSPS) is 17.6. The van der Waals surface area contributed by atoms with Crippen LogP contribution < -0.4 is 9.47 Å². The van der Waals surface area contributed by atoms with Crippen LogP contribution in [0.2, 0.25) is 0 Å². The molecule has 0 aliphatic carbocycles. The maximum absolute atomic E-state index is 13.2. The van der Waals surface area contributed by atoms with Crippen molar-refractivity contribution in [3.8, 4) is 11.5 Å². The standard InChI is InChI=1S/C26H32N2O5/c1-6-27(7-2)13-14-28-23(18-10-8-9-17(3)15-18)22(25(30)26(28)31)24(29)20-16-19(32-4)11-12-21(20)33-5/h8-12,15-16,23,29H,6-7,13-14H2,1-5H3/b24-22+. The molecular weight excluding hydrogens is 420 g/mol. The highest BCUT2D eigenvalue weighted by Gasteiger charge is 2.46. The van der Waals surface area contributed by atoms with E-state index in [1.165, 1.54) is 14.2 Å². The molecule has 0 radical (unpaired) electrons. The fourth-order valence-corrected chi connectivity index (χ4v) is 4.23. The number of Topliss-reactive ketones (excluding diaryl/α,β-unsaturated/α-hetero) is 1. The molecule has 0 saturated carbocycles. The second kappa shape index (κ2) is 10.5. The number of aliphatic hydroxyl groups is 1. The number of hydrogen-bond donors (Lipinski definition) is 1. The lowest BCUT2D eigenvalue weighted by molar-refractivity contribution is -0.140. The zero-order valence-electron chi connectivity index (χ0n) is 19.9. The van der Waals surface area contributed by atoms with Gasteiger partial charge in [-0.3, -0.25) is 9.59 Å². The molecule has 0 bridgehead atoms. The molecule has 0 aromatic heterocycles. The van der Waals surface area contributed by atoms with Crippen LogP contribution in [0.25, 0.3) is 5.76 Å². The second-order valence-electron chi connectivity index (χ2n) is 8.00. The molecule has 2 aromatic carbocycles. The minimum Gasteiger partial charge on any atom is -0.507 e. The molecule has 1 saturated heterocycles. The molecule has 1 fully saturated rings. The zero-order valence-corrected chi connectivity index (χ0v) is 19.9. The molecule has 1 amide bonds. The Balaban J connectivity index is 2.18. The number of carbonyl (C=O) groups is 2. The van der Waals surface area contributed by atoms with Gasteiger partial charge in [0.2, 0.25) is 0 Å². The molecule has 7 heteroatoms. The van der Waals surface area contributed by atoms with Gasteiger partial charge in [-0.1, -0.05) is 43.7 Å². The van der Waals surface area contributed by atoms with Gasteiger partial charge in [-0.15, -0.1) is 0 Å². The Hall–Kier alpha value is -3.32. The van der Waals surface area contributed by atoms with Crippen molar-refractivity contribution in [2.75, 3.05) is 40.4 Å². The fourth-order valence-electron chi connectivity index (χ4n) is 4.23. The number of carbonyl (C=O) groups excluding carboxylic acids is 2. The smallest absolute Gasteiger partial charge is 0.295 e. The SMILES string of the molecule is CCN(CC)CCN1C(=O)C(=O)/C(=C(/O)c2cc(OC)ccc2OC)C1c1cccc(C)c1. The van der Waals surface area contributed by atoms with Gasteiger partial charge in [-0.2, -0.15) is 0 Å². The van der Waals surface area contributed by atoms with E-state index in [-0.39, 0.29) is 11.3 Å². The van der Waals surface area contributed by atoms with Crippen molar-refractivity contribution in [2.24, 2.45) is 0 Å². The van der Waals surface area contributed by atoms with Crippen LogP contribution in [0.1, 0.15) is 36.6 Å². The Kier molecular flexibility index (Phi) is 7.76. The van der Waals surface area contributed by atoms with E-state index >= 15 is 0 Å². The summed E-state index contributed by atoms with van der Waals surface area (Å²) in [4.78, 5) is 30.1. The van der Waals surface area contributed by atoms with Crippen molar-refractivity contribution in [3.63, 3.8) is 0 Å². The van der Waals surface area contributed by atoms with Gasteiger partial charge in [0.1, 0.15) is 17.3 Å². The van der Waals surface area contributed by atoms with E-state index in [4.69, 9.17) is 9.47 Å². The molecule has 3 rings (SSSR count). The highest BCUT2D eigenvalue weighted by Crippen LogP contribution is 2.41. The molecule has 0 spiro atoms. The number of hydrogen-bond acceptors (Lipinski definition) is 6. The summed E-state index contributed by atoms with van der Waals surface area (Å²) >= 11 is 0. The summed E-state index contributed by atoms with van der Waals surface area (Å²) in [7, 11) is 3.00. The molecule has 1 aliphatic heterocycles. The van der Waals surface area contributed by atoms with Crippen LogP contribution in [0.4, 0.5) is 0 Å². The third-order valence-corrected chi connectivity index (χ3v) is 6.11. The van der Waals surface area contributed by atoms with Gasteiger partial charge in [-0.25, -0.2) is 0 Å². The van der Waals surface area contributed by atoms with E-state index < -0.39 is 17.7 Å². The van der Waals surface area contributed by atoms with Gasteiger partial charge in [0, 0.05) is 13.1 Å². The number of ether oxygens (including phenoxy) is 2. The first kappa shape index (κ1) is 24.3. The van der Waals surface area contributed by atoms with E-state index in [0.717, 1.165) is 24.2 Å². The predicted molar refractivity (Wildman–Crippen MR) is 128 cm³/mol. The highest BCUT2D eigenvalue weighted by molar-refractivity contribution is 6.46. The number of nitrogens with zero attached hydrogens (tertiary/aromatic N) is 2. The second-order valence-corrected chi connectivity index (χ2v) is 8.00. The van der Waals surface area contributed by atoms with Crippen LogP contribution in [0, 0.1) is 6.92 Å². The van der Waals surface area contributed by atoms with Gasteiger partial charge >= 0.3 is 0 Å². The molecule has 1 atom stereocenters. The first-order valence-electron chi connectivity index (χ1n) is 11.2. The van der Waals surface area contributed by atoms with Crippen LogP contribution in [-0.2, 0) is 9.59 Å². The van der Waals surface area contributed by atoms with Crippen molar-refractivity contribution in [1.82, 2.24) is 9.80 Å². The number of aryl methyl sites for hydroxylation is 1. The molecule has 1 aliphatic rings. The summed E-state index contributed by atoms with van der Waals surface area (Å²) in [5.74, 6) is -0.715. The van der Waals surface area contributed by atoms with Crippen LogP contribution in [0.3, 0.4) is 0 Å². The number of ketones is 1. The Morgan fingerprint density at radius 3 is 2.39 bits per heavy atom. The number of rotatable bonds is 9. The fraction of sp³-hybridized carbons (Fsp3) is 0.385. The van der Waals surface area contributed by atoms with Crippen LogP contribution in [0.5, 0.6) is 11.5 Å². The summed E-state index contributed by atoms with van der Waals surface area (Å²) in [5, 5.41) is 11.4. The average Bonchev–Trinajstić information content (AvgIpc) is 3.08. The minimum atomic E-state index is -0.705. The first-order valence-corrected chi connectivity index (χ1v) is 11.2. The maximum Gasteiger partial charge on any atom is 0.295 e. The quantitative estimate of drug-likeness (QED) is 0.354. The maximum atomic E-state index is 13.2. The average molecular weight is 453 g/mol. The molecule has 2 aromatic rings. The molecular formula is C26H32N2O5. The molecule has 176 valence electrons. The van der Waals surface area contributed by atoms with Crippen molar-refractivity contribution in [1.29, 1.82) is 0 Å². The van der Waals surface area contributed by atoms with E-state index in [2.05, 4.69) is 18.7 Å². The van der Waals surface area contributed by atoms with Gasteiger partial charge in [0.15, 0.2) is 0 Å². The third-order valence-electron chi connectivity index (χ3n) is 6.11. The monoisotopic (exact) mass is 452 g/mol. The van der Waals surface area contributed by atoms with E-state index in [1.54, 1.807) is 23.1 Å². The molecule has 33 heavy (non-hydrogen) atoms. The largest absolute Gasteiger partial charge is 0.507 e. The van der Waals surface area contributed by atoms with Crippen molar-refractivity contribution >= 4 is 17.4 Å². The Morgan fingerprint density at radius 2 is 1.79 bits per heavy atom. The van der Waals surface area contributed by atoms with Crippen LogP contribution in [-0.4, -0.2) is 67.0 Å². The number of benzene rings is 2. The number of amides is 1. The van der Waals surface area contributed by atoms with Crippen molar-refractivity contribution < 1.29 is 24.2 Å². The Bertz CT molecular complexity index is 1060. The summed E-state index contributed by atoms with van der Waals surface area (Å²) < 4.78 is 10.7.